The number of hydrogen-bond acceptors (Lipinski definition) is 16. The van der Waals surface area contributed by atoms with Crippen LogP contribution in [-0.4, -0.2) is 176 Å². The van der Waals surface area contributed by atoms with Crippen molar-refractivity contribution < 1.29 is 77.5 Å². The smallest absolute Gasteiger partial charge is 0.339 e. The third-order valence-electron chi connectivity index (χ3n) is 14.8. The van der Waals surface area contributed by atoms with Crippen LogP contribution in [0.2, 0.25) is 0 Å². The number of piperidine rings is 2. The first-order chi connectivity index (χ1) is 39.3. The number of benzene rings is 4. The number of rotatable bonds is 31. The molecule has 4 aromatic carbocycles. The van der Waals surface area contributed by atoms with E-state index in [4.69, 9.17) is 18.9 Å². The van der Waals surface area contributed by atoms with E-state index in [-0.39, 0.29) is 62.1 Å². The Morgan fingerprint density at radius 3 is 1.15 bits per heavy atom. The van der Waals surface area contributed by atoms with E-state index < -0.39 is 84.1 Å². The first kappa shape index (κ1) is 65.1. The van der Waals surface area contributed by atoms with Gasteiger partial charge in [-0.2, -0.15) is 0 Å². The van der Waals surface area contributed by atoms with Gasteiger partial charge in [0.1, 0.15) is 23.1 Å². The summed E-state index contributed by atoms with van der Waals surface area (Å²) in [6.07, 6.45) is -6.95. The zero-order valence-corrected chi connectivity index (χ0v) is 47.6. The Morgan fingerprint density at radius 1 is 0.512 bits per heavy atom. The Labute approximate surface area is 480 Å². The molecule has 4 aromatic rings. The second kappa shape index (κ2) is 32.7. The summed E-state index contributed by atoms with van der Waals surface area (Å²) in [7, 11) is 0. The van der Waals surface area contributed by atoms with E-state index in [0.717, 1.165) is 0 Å². The van der Waals surface area contributed by atoms with Crippen molar-refractivity contribution in [3.05, 3.63) is 131 Å². The van der Waals surface area contributed by atoms with Gasteiger partial charge in [0.05, 0.1) is 25.4 Å². The minimum atomic E-state index is -2.65. The maximum atomic E-state index is 15.2. The van der Waals surface area contributed by atoms with Crippen molar-refractivity contribution in [2.24, 2.45) is 11.8 Å². The normalized spacial score (nSPS) is 16.9. The summed E-state index contributed by atoms with van der Waals surface area (Å²) in [4.78, 5) is 66.3. The topological polar surface area (TPSA) is 240 Å². The minimum absolute atomic E-state index is 0.0345. The lowest BCUT2D eigenvalue weighted by atomic mass is 9.99. The highest BCUT2D eigenvalue weighted by atomic mass is 19.1. The summed E-state index contributed by atoms with van der Waals surface area (Å²) in [6.45, 7) is 11.6. The predicted octanol–water partition coefficient (Wildman–Crippen LogP) is 5.88. The molecule has 2 aliphatic rings. The van der Waals surface area contributed by atoms with Gasteiger partial charge < -0.3 is 69.2 Å². The van der Waals surface area contributed by atoms with E-state index in [1.54, 1.807) is 24.3 Å². The highest BCUT2D eigenvalue weighted by Gasteiger charge is 2.42. The zero-order valence-electron chi connectivity index (χ0n) is 47.6. The van der Waals surface area contributed by atoms with Crippen molar-refractivity contribution in [2.45, 2.75) is 141 Å². The van der Waals surface area contributed by atoms with E-state index in [1.807, 2.05) is 27.7 Å². The van der Waals surface area contributed by atoms with Crippen molar-refractivity contribution in [3.8, 4) is 11.5 Å². The van der Waals surface area contributed by atoms with E-state index in [0.29, 0.717) is 114 Å². The van der Waals surface area contributed by atoms with Crippen molar-refractivity contribution in [1.82, 2.24) is 19.6 Å². The third kappa shape index (κ3) is 20.1. The number of ether oxygens (including phenoxy) is 4. The summed E-state index contributed by atoms with van der Waals surface area (Å²) < 4.78 is 52.0. The maximum Gasteiger partial charge on any atom is 0.339 e. The fourth-order valence-corrected chi connectivity index (χ4v) is 9.96. The summed E-state index contributed by atoms with van der Waals surface area (Å²) in [5.74, 6) is -4.24. The van der Waals surface area contributed by atoms with Gasteiger partial charge in [-0.1, -0.05) is 76.2 Å². The number of aliphatic hydroxyl groups excluding tert-OH is 6. The van der Waals surface area contributed by atoms with Gasteiger partial charge >= 0.3 is 11.9 Å². The van der Waals surface area contributed by atoms with Crippen molar-refractivity contribution in [1.29, 1.82) is 0 Å². The number of carbonyl (C=O) groups excluding carboxylic acids is 4. The molecule has 6 rings (SSSR count). The molecule has 2 amide bonds. The SMILES string of the molecule is CC(C)COc1ccc(C(OC(=O)C(O)C(O)C(=O)OC(C(=O)N(Cc2ccc(F)cc2)C2CCN(CC[C@H](O)CCO)CC2)c2ccc(OCC(C)C)cc2)C(=O)N(Cc2ccc(F)cc2)C2CCN(CC[C@H](O)CCO)CC2)cc1. The second-order valence-corrected chi connectivity index (χ2v) is 22.3. The van der Waals surface area contributed by atoms with Crippen LogP contribution >= 0.6 is 0 Å². The van der Waals surface area contributed by atoms with Crippen LogP contribution in [-0.2, 0) is 41.7 Å². The molecule has 2 saturated heterocycles. The molecule has 0 aromatic heterocycles. The van der Waals surface area contributed by atoms with Crippen LogP contribution in [0.5, 0.6) is 11.5 Å². The van der Waals surface area contributed by atoms with Crippen molar-refractivity contribution in [2.75, 3.05) is 65.7 Å². The Balaban J connectivity index is 1.28. The molecule has 0 bridgehead atoms. The molecule has 6 N–H and O–H groups in total. The third-order valence-corrected chi connectivity index (χ3v) is 14.8. The monoisotopic (exact) mass is 1150 g/mol. The van der Waals surface area contributed by atoms with E-state index >= 15 is 9.59 Å². The highest BCUT2D eigenvalue weighted by molar-refractivity contribution is 5.91. The molecule has 4 unspecified atom stereocenters. The van der Waals surface area contributed by atoms with Crippen LogP contribution in [0.1, 0.15) is 114 Å². The number of hydrogen-bond donors (Lipinski definition) is 6. The molecule has 0 aliphatic carbocycles. The van der Waals surface area contributed by atoms with Crippen molar-refractivity contribution in [3.63, 3.8) is 0 Å². The molecule has 82 heavy (non-hydrogen) atoms. The molecule has 0 saturated carbocycles. The van der Waals surface area contributed by atoms with Gasteiger partial charge in [0.25, 0.3) is 11.8 Å². The number of carbonyl (C=O) groups is 4. The fraction of sp³-hybridized carbons (Fsp3) is 0.548. The van der Waals surface area contributed by atoms with E-state index in [1.165, 1.54) is 82.6 Å². The summed E-state index contributed by atoms with van der Waals surface area (Å²) >= 11 is 0. The molecule has 450 valence electrons. The lowest BCUT2D eigenvalue weighted by Gasteiger charge is -2.40. The van der Waals surface area contributed by atoms with Gasteiger partial charge in [0, 0.05) is 88.8 Å². The molecule has 2 heterocycles. The Hall–Kier alpha value is -6.10. The number of nitrogens with zero attached hydrogens (tertiary/aromatic N) is 4. The average molecular weight is 1150 g/mol. The quantitative estimate of drug-likeness (QED) is 0.0323. The number of esters is 2. The summed E-state index contributed by atoms with van der Waals surface area (Å²) in [6, 6.07) is 22.8. The Kier molecular flexibility index (Phi) is 25.9. The molecule has 6 atom stereocenters. The summed E-state index contributed by atoms with van der Waals surface area (Å²) in [5.41, 5.74) is 1.47. The number of aliphatic hydroxyl groups is 6. The van der Waals surface area contributed by atoms with Crippen molar-refractivity contribution >= 4 is 23.8 Å². The molecular formula is C62H84F2N4O14. The largest absolute Gasteiger partial charge is 0.493 e. The highest BCUT2D eigenvalue weighted by Crippen LogP contribution is 2.32. The van der Waals surface area contributed by atoms with Gasteiger partial charge in [-0.25, -0.2) is 18.4 Å². The lowest BCUT2D eigenvalue weighted by molar-refractivity contribution is -0.184. The Bertz CT molecular complexity index is 2390. The molecule has 2 aliphatic heterocycles. The van der Waals surface area contributed by atoms with Gasteiger partial charge in [0.2, 0.25) is 12.2 Å². The summed E-state index contributed by atoms with van der Waals surface area (Å²) in [5, 5.41) is 62.3. The van der Waals surface area contributed by atoms with Gasteiger partial charge in [-0.15, -0.1) is 0 Å². The fourth-order valence-electron chi connectivity index (χ4n) is 9.96. The predicted molar refractivity (Wildman–Crippen MR) is 301 cm³/mol. The second-order valence-electron chi connectivity index (χ2n) is 22.3. The van der Waals surface area contributed by atoms with Gasteiger partial charge in [-0.05, 0) is 123 Å². The first-order valence-corrected chi connectivity index (χ1v) is 28.7. The first-order valence-electron chi connectivity index (χ1n) is 28.7. The average Bonchev–Trinajstić information content (AvgIpc) is 3.62. The molecule has 20 heteroatoms. The molecular weight excluding hydrogens is 1060 g/mol. The van der Waals surface area contributed by atoms with Crippen LogP contribution in [0, 0.1) is 23.5 Å². The molecule has 0 radical (unpaired) electrons. The molecule has 2 fully saturated rings. The standard InChI is InChI=1S/C62H84F2N4O14/c1-41(2)39-79-53-17-9-45(10-18-53)57(59(75)67(37-43-5-13-47(63)14-6-43)49-21-29-65(30-22-49)33-25-51(71)27-35-69)81-61(77)55(73)56(74)62(78)82-58(46-11-19-54(20-12-46)80-40-42(3)4)60(76)68(38-44-7-15-48(64)16-8-44)50-23-31-66(32-24-50)34-26-52(72)28-36-70/h5-20,41-42,49-52,55-58,69-74H,21-40H2,1-4H3/t51-,52-,55?,56?,57?,58?/m0/s1. The number of likely N-dealkylation sites (tertiary alicyclic amines) is 2. The van der Waals surface area contributed by atoms with Gasteiger partial charge in [0.15, 0.2) is 12.2 Å². The zero-order chi connectivity index (χ0) is 59.3. The molecule has 18 nitrogen and oxygen atoms in total. The van der Waals surface area contributed by atoms with Crippen LogP contribution in [0.4, 0.5) is 8.78 Å². The van der Waals surface area contributed by atoms with Crippen LogP contribution in [0.15, 0.2) is 97.1 Å². The van der Waals surface area contributed by atoms with Crippen LogP contribution < -0.4 is 9.47 Å². The van der Waals surface area contributed by atoms with E-state index in [2.05, 4.69) is 9.80 Å². The number of halogens is 2. The van der Waals surface area contributed by atoms with Crippen LogP contribution in [0.3, 0.4) is 0 Å². The van der Waals surface area contributed by atoms with E-state index in [9.17, 15) is 49.0 Å². The lowest BCUT2D eigenvalue weighted by Crippen LogP contribution is -2.50. The maximum absolute atomic E-state index is 15.2. The van der Waals surface area contributed by atoms with Crippen LogP contribution in [0.25, 0.3) is 0 Å². The number of amides is 2. The van der Waals surface area contributed by atoms with Gasteiger partial charge in [-0.3, -0.25) is 9.59 Å². The Morgan fingerprint density at radius 2 is 0.841 bits per heavy atom. The molecule has 0 spiro atoms. The minimum Gasteiger partial charge on any atom is -0.493 e.